The van der Waals surface area contributed by atoms with Gasteiger partial charge in [0.25, 0.3) is 0 Å². The normalized spacial score (nSPS) is 11.5. The first-order valence-electron chi connectivity index (χ1n) is 17.0. The molecule has 0 atom stereocenters. The highest BCUT2D eigenvalue weighted by atomic mass is 32.1. The maximum Gasteiger partial charge on any atom is 0.161 e. The molecule has 10 rings (SSSR count). The number of nitrogens with zero attached hydrogens (tertiary/aromatic N) is 4. The van der Waals surface area contributed by atoms with Gasteiger partial charge in [0.1, 0.15) is 0 Å². The number of rotatable bonds is 5. The van der Waals surface area contributed by atoms with E-state index in [0.29, 0.717) is 5.82 Å². The molecule has 0 saturated heterocycles. The van der Waals surface area contributed by atoms with Gasteiger partial charge >= 0.3 is 0 Å². The Kier molecular flexibility index (Phi) is 6.96. The third-order valence-corrected chi connectivity index (χ3v) is 10.7. The van der Waals surface area contributed by atoms with Crippen LogP contribution in [-0.2, 0) is 0 Å². The molecule has 0 unspecified atom stereocenters. The third kappa shape index (κ3) is 5.06. The zero-order valence-corrected chi connectivity index (χ0v) is 28.2. The number of para-hydroxylation sites is 2. The smallest absolute Gasteiger partial charge is 0.161 e. The minimum Gasteiger partial charge on any atom is -0.228 e. The molecule has 51 heavy (non-hydrogen) atoms. The molecule has 3 heterocycles. The summed E-state index contributed by atoms with van der Waals surface area (Å²) in [5.74, 6) is 1.43. The molecule has 0 aliphatic rings. The van der Waals surface area contributed by atoms with Gasteiger partial charge in [-0.1, -0.05) is 146 Å². The molecule has 0 amide bonds. The van der Waals surface area contributed by atoms with Crippen molar-refractivity contribution in [3.05, 3.63) is 170 Å². The minimum atomic E-state index is 0.708. The molecule has 0 N–H and O–H groups in total. The van der Waals surface area contributed by atoms with Gasteiger partial charge < -0.3 is 0 Å². The second-order valence-corrected chi connectivity index (χ2v) is 13.7. The first-order chi connectivity index (χ1) is 25.3. The molecule has 7 aromatic carbocycles. The average molecular weight is 669 g/mol. The van der Waals surface area contributed by atoms with Crippen LogP contribution in [-0.4, -0.2) is 19.9 Å². The summed E-state index contributed by atoms with van der Waals surface area (Å²) < 4.78 is 2.32. The van der Waals surface area contributed by atoms with Crippen LogP contribution in [0.1, 0.15) is 0 Å². The molecule has 238 valence electrons. The van der Waals surface area contributed by atoms with Crippen molar-refractivity contribution in [3.8, 4) is 56.4 Å². The highest BCUT2D eigenvalue weighted by Crippen LogP contribution is 2.44. The first-order valence-corrected chi connectivity index (χ1v) is 17.8. The highest BCUT2D eigenvalue weighted by Gasteiger charge is 2.20. The maximum atomic E-state index is 5.31. The molecule has 0 bridgehead atoms. The SMILES string of the molecule is c1ccc(-c2ccc(-c3nc(-c4cccc5sc6c(-c7nc(-c8ccccc8)c8ccccc8n7)cccc6c45)nc4ccccc34)cc2)cc1. The van der Waals surface area contributed by atoms with E-state index in [1.165, 1.54) is 15.8 Å². The largest absolute Gasteiger partial charge is 0.228 e. The first kappa shape index (κ1) is 29.4. The molecule has 0 saturated carbocycles. The van der Waals surface area contributed by atoms with Crippen molar-refractivity contribution >= 4 is 53.3 Å². The zero-order chi connectivity index (χ0) is 33.7. The topological polar surface area (TPSA) is 51.6 Å². The van der Waals surface area contributed by atoms with Crippen molar-refractivity contribution in [1.82, 2.24) is 19.9 Å². The van der Waals surface area contributed by atoms with Crippen LogP contribution < -0.4 is 0 Å². The lowest BCUT2D eigenvalue weighted by molar-refractivity contribution is 1.23. The van der Waals surface area contributed by atoms with Crippen LogP contribution >= 0.6 is 11.3 Å². The molecule has 0 spiro atoms. The Labute approximate surface area is 298 Å². The van der Waals surface area contributed by atoms with Gasteiger partial charge in [-0.2, -0.15) is 0 Å². The summed E-state index contributed by atoms with van der Waals surface area (Å²) in [5, 5.41) is 4.36. The Balaban J connectivity index is 1.15. The van der Waals surface area contributed by atoms with E-state index in [1.54, 1.807) is 11.3 Å². The zero-order valence-electron chi connectivity index (χ0n) is 27.4. The van der Waals surface area contributed by atoms with E-state index < -0.39 is 0 Å². The van der Waals surface area contributed by atoms with Crippen LogP contribution in [0.2, 0.25) is 0 Å². The summed E-state index contributed by atoms with van der Waals surface area (Å²) in [6.07, 6.45) is 0. The lowest BCUT2D eigenvalue weighted by atomic mass is 10.00. The third-order valence-electron chi connectivity index (χ3n) is 9.52. The second kappa shape index (κ2) is 12.1. The predicted octanol–water partition coefficient (Wildman–Crippen LogP) is 12.3. The predicted molar refractivity (Wildman–Crippen MR) is 213 cm³/mol. The van der Waals surface area contributed by atoms with Gasteiger partial charge in [-0.15, -0.1) is 11.3 Å². The van der Waals surface area contributed by atoms with Crippen molar-refractivity contribution in [2.75, 3.05) is 0 Å². The Morgan fingerprint density at radius 3 is 1.47 bits per heavy atom. The van der Waals surface area contributed by atoms with Gasteiger partial charge in [-0.25, -0.2) is 19.9 Å². The Hall–Kier alpha value is -6.56. The maximum absolute atomic E-state index is 5.31. The van der Waals surface area contributed by atoms with Gasteiger partial charge in [-0.05, 0) is 35.4 Å². The van der Waals surface area contributed by atoms with Gasteiger partial charge in [0, 0.05) is 53.2 Å². The molecule has 5 heteroatoms. The molecule has 4 nitrogen and oxygen atoms in total. The van der Waals surface area contributed by atoms with E-state index >= 15 is 0 Å². The van der Waals surface area contributed by atoms with Crippen molar-refractivity contribution in [3.63, 3.8) is 0 Å². The van der Waals surface area contributed by atoms with Gasteiger partial charge in [0.05, 0.1) is 22.4 Å². The molecule has 10 aromatic rings. The van der Waals surface area contributed by atoms with E-state index in [4.69, 9.17) is 19.9 Å². The summed E-state index contributed by atoms with van der Waals surface area (Å²) in [7, 11) is 0. The van der Waals surface area contributed by atoms with Crippen LogP contribution in [0.15, 0.2) is 170 Å². The number of aromatic nitrogens is 4. The van der Waals surface area contributed by atoms with Crippen molar-refractivity contribution in [2.24, 2.45) is 0 Å². The number of fused-ring (bicyclic) bond motifs is 5. The monoisotopic (exact) mass is 668 g/mol. The molecule has 0 radical (unpaired) electrons. The lowest BCUT2D eigenvalue weighted by Crippen LogP contribution is -1.96. The highest BCUT2D eigenvalue weighted by molar-refractivity contribution is 7.26. The van der Waals surface area contributed by atoms with Gasteiger partial charge in [0.2, 0.25) is 0 Å². The number of hydrogen-bond donors (Lipinski definition) is 0. The van der Waals surface area contributed by atoms with E-state index in [0.717, 1.165) is 76.7 Å². The van der Waals surface area contributed by atoms with Crippen LogP contribution in [0.3, 0.4) is 0 Å². The summed E-state index contributed by atoms with van der Waals surface area (Å²) in [4.78, 5) is 20.8. The van der Waals surface area contributed by atoms with Crippen LogP contribution in [0.25, 0.3) is 98.4 Å². The fourth-order valence-electron chi connectivity index (χ4n) is 7.09. The molecule has 0 aliphatic heterocycles. The molecule has 0 aliphatic carbocycles. The number of hydrogen-bond acceptors (Lipinski definition) is 5. The van der Waals surface area contributed by atoms with E-state index in [-0.39, 0.29) is 0 Å². The van der Waals surface area contributed by atoms with E-state index in [1.807, 2.05) is 30.3 Å². The van der Waals surface area contributed by atoms with Crippen molar-refractivity contribution < 1.29 is 0 Å². The molecule has 3 aromatic heterocycles. The number of benzene rings is 7. The van der Waals surface area contributed by atoms with Crippen LogP contribution in [0, 0.1) is 0 Å². The van der Waals surface area contributed by atoms with Crippen LogP contribution in [0.4, 0.5) is 0 Å². The molecular formula is C46H28N4S. The quantitative estimate of drug-likeness (QED) is 0.183. The average Bonchev–Trinajstić information content (AvgIpc) is 3.60. The van der Waals surface area contributed by atoms with Gasteiger partial charge in [-0.3, -0.25) is 0 Å². The standard InChI is InChI=1S/C46H28N4S/c1-3-13-29(14-4-1)30-25-27-32(28-26-30)43-34-18-8-9-22-38(34)47-45(49-43)36-20-12-24-40-41(36)35-19-11-21-37(44(35)51-40)46-48-39-23-10-7-17-33(39)42(50-46)31-15-5-2-6-16-31/h1-28H. The van der Waals surface area contributed by atoms with E-state index in [9.17, 15) is 0 Å². The molecular weight excluding hydrogens is 641 g/mol. The Morgan fingerprint density at radius 2 is 0.804 bits per heavy atom. The summed E-state index contributed by atoms with van der Waals surface area (Å²) in [6.45, 7) is 0. The molecule has 0 fully saturated rings. The van der Waals surface area contributed by atoms with Crippen molar-refractivity contribution in [1.29, 1.82) is 0 Å². The number of thiophene rings is 1. The summed E-state index contributed by atoms with van der Waals surface area (Å²) in [5.41, 5.74) is 10.2. The van der Waals surface area contributed by atoms with Crippen LogP contribution in [0.5, 0.6) is 0 Å². The van der Waals surface area contributed by atoms with Gasteiger partial charge in [0.15, 0.2) is 11.6 Å². The second-order valence-electron chi connectivity index (χ2n) is 12.6. The van der Waals surface area contributed by atoms with E-state index in [2.05, 4.69) is 140 Å². The lowest BCUT2D eigenvalue weighted by Gasteiger charge is -2.11. The van der Waals surface area contributed by atoms with Crippen molar-refractivity contribution in [2.45, 2.75) is 0 Å². The Bertz CT molecular complexity index is 2900. The summed E-state index contributed by atoms with van der Waals surface area (Å²) >= 11 is 1.77. The fraction of sp³-hybridized carbons (Fsp3) is 0. The Morgan fingerprint density at radius 1 is 0.333 bits per heavy atom. The summed E-state index contributed by atoms with van der Waals surface area (Å²) in [6, 6.07) is 59.0. The fourth-order valence-corrected chi connectivity index (χ4v) is 8.33. The minimum absolute atomic E-state index is 0.708.